The highest BCUT2D eigenvalue weighted by Crippen LogP contribution is 2.31. The van der Waals surface area contributed by atoms with E-state index in [0.29, 0.717) is 31.2 Å². The van der Waals surface area contributed by atoms with Gasteiger partial charge >= 0.3 is 0 Å². The lowest BCUT2D eigenvalue weighted by Gasteiger charge is -2.29. The molecule has 6 heteroatoms. The van der Waals surface area contributed by atoms with Gasteiger partial charge in [-0.1, -0.05) is 12.1 Å². The number of amides is 2. The Labute approximate surface area is 142 Å². The Balaban J connectivity index is 1.43. The monoisotopic (exact) mass is 331 g/mol. The van der Waals surface area contributed by atoms with Gasteiger partial charge in [0.1, 0.15) is 5.75 Å². The topological polar surface area (TPSA) is 70.7 Å². The number of hydrogen-bond acceptors (Lipinski definition) is 4. The van der Waals surface area contributed by atoms with E-state index in [9.17, 15) is 9.59 Å². The fraction of sp³-hybridized carbons (Fsp3) is 0.556. The molecule has 130 valence electrons. The molecule has 2 aliphatic rings. The molecule has 0 bridgehead atoms. The van der Waals surface area contributed by atoms with E-state index in [2.05, 4.69) is 10.6 Å². The zero-order valence-electron chi connectivity index (χ0n) is 13.9. The number of piperidine rings is 1. The minimum absolute atomic E-state index is 0.00413. The SMILES string of the molecule is O=C(CCN1C(=O)COc2ccccc21)NCCC1CCCNC1. The molecule has 0 radical (unpaired) electrons. The van der Waals surface area contributed by atoms with Gasteiger partial charge in [-0.25, -0.2) is 0 Å². The largest absolute Gasteiger partial charge is 0.482 e. The first kappa shape index (κ1) is 16.8. The van der Waals surface area contributed by atoms with Crippen LogP contribution in [0.2, 0.25) is 0 Å². The van der Waals surface area contributed by atoms with E-state index in [0.717, 1.165) is 25.2 Å². The maximum atomic E-state index is 12.1. The number of anilines is 1. The Morgan fingerprint density at radius 1 is 1.38 bits per heavy atom. The standard InChI is InChI=1S/C18H25N3O3/c22-17(20-10-7-14-4-3-9-19-12-14)8-11-21-15-5-1-2-6-16(15)24-13-18(21)23/h1-2,5-6,14,19H,3-4,7-13H2,(H,20,22). The first-order chi connectivity index (χ1) is 11.7. The van der Waals surface area contributed by atoms with E-state index in [1.54, 1.807) is 4.90 Å². The third kappa shape index (κ3) is 4.26. The number of carbonyl (C=O) groups excluding carboxylic acids is 2. The number of ether oxygens (including phenoxy) is 1. The molecule has 0 saturated carbocycles. The first-order valence-electron chi connectivity index (χ1n) is 8.73. The molecular formula is C18H25N3O3. The molecule has 0 aromatic heterocycles. The van der Waals surface area contributed by atoms with Crippen LogP contribution in [-0.2, 0) is 9.59 Å². The fourth-order valence-electron chi connectivity index (χ4n) is 3.29. The first-order valence-corrected chi connectivity index (χ1v) is 8.73. The summed E-state index contributed by atoms with van der Waals surface area (Å²) in [6, 6.07) is 7.43. The van der Waals surface area contributed by atoms with Crippen molar-refractivity contribution in [2.75, 3.05) is 37.7 Å². The van der Waals surface area contributed by atoms with Gasteiger partial charge in [-0.2, -0.15) is 0 Å². The van der Waals surface area contributed by atoms with E-state index in [1.165, 1.54) is 12.8 Å². The smallest absolute Gasteiger partial charge is 0.265 e. The van der Waals surface area contributed by atoms with Crippen molar-refractivity contribution in [2.45, 2.75) is 25.7 Å². The van der Waals surface area contributed by atoms with Crippen LogP contribution in [0.15, 0.2) is 24.3 Å². The summed E-state index contributed by atoms with van der Waals surface area (Å²) < 4.78 is 5.41. The van der Waals surface area contributed by atoms with Crippen molar-refractivity contribution in [3.8, 4) is 5.75 Å². The summed E-state index contributed by atoms with van der Waals surface area (Å²) >= 11 is 0. The summed E-state index contributed by atoms with van der Waals surface area (Å²) in [5, 5.41) is 6.36. The predicted octanol–water partition coefficient (Wildman–Crippen LogP) is 1.31. The van der Waals surface area contributed by atoms with Gasteiger partial charge in [0.25, 0.3) is 5.91 Å². The van der Waals surface area contributed by atoms with Crippen LogP contribution in [0.1, 0.15) is 25.7 Å². The van der Waals surface area contributed by atoms with E-state index in [-0.39, 0.29) is 18.4 Å². The minimum Gasteiger partial charge on any atom is -0.482 e. The Bertz CT molecular complexity index is 585. The lowest BCUT2D eigenvalue weighted by molar-refractivity contribution is -0.122. The normalized spacial score (nSPS) is 20.2. The number of para-hydroxylation sites is 2. The van der Waals surface area contributed by atoms with Crippen LogP contribution in [0.4, 0.5) is 5.69 Å². The van der Waals surface area contributed by atoms with Crippen LogP contribution < -0.4 is 20.3 Å². The Kier molecular flexibility index (Phi) is 5.69. The summed E-state index contributed by atoms with van der Waals surface area (Å²) in [6.45, 7) is 3.29. The maximum absolute atomic E-state index is 12.1. The molecule has 1 unspecified atom stereocenters. The van der Waals surface area contributed by atoms with Gasteiger partial charge in [0.05, 0.1) is 5.69 Å². The molecule has 24 heavy (non-hydrogen) atoms. The number of fused-ring (bicyclic) bond motifs is 1. The molecule has 2 N–H and O–H groups in total. The Hall–Kier alpha value is -2.08. The zero-order chi connectivity index (χ0) is 16.8. The highest BCUT2D eigenvalue weighted by Gasteiger charge is 2.25. The van der Waals surface area contributed by atoms with Crippen LogP contribution in [0.3, 0.4) is 0 Å². The Morgan fingerprint density at radius 2 is 2.25 bits per heavy atom. The average Bonchev–Trinajstić information content (AvgIpc) is 2.62. The second-order valence-electron chi connectivity index (χ2n) is 6.40. The fourth-order valence-corrected chi connectivity index (χ4v) is 3.29. The zero-order valence-corrected chi connectivity index (χ0v) is 13.9. The molecule has 1 saturated heterocycles. The van der Waals surface area contributed by atoms with E-state index >= 15 is 0 Å². The van der Waals surface area contributed by atoms with E-state index < -0.39 is 0 Å². The van der Waals surface area contributed by atoms with Gasteiger partial charge in [0.15, 0.2) is 6.61 Å². The number of benzene rings is 1. The third-order valence-electron chi connectivity index (χ3n) is 4.64. The van der Waals surface area contributed by atoms with Gasteiger partial charge in [-0.15, -0.1) is 0 Å². The van der Waals surface area contributed by atoms with Crippen LogP contribution in [0, 0.1) is 5.92 Å². The number of hydrogen-bond donors (Lipinski definition) is 2. The average molecular weight is 331 g/mol. The van der Waals surface area contributed by atoms with Crippen molar-refractivity contribution in [3.63, 3.8) is 0 Å². The molecule has 0 aliphatic carbocycles. The van der Waals surface area contributed by atoms with Crippen molar-refractivity contribution in [1.29, 1.82) is 0 Å². The summed E-state index contributed by atoms with van der Waals surface area (Å²) in [6.07, 6.45) is 3.78. The van der Waals surface area contributed by atoms with Gasteiger partial charge in [-0.05, 0) is 50.4 Å². The molecule has 6 nitrogen and oxygen atoms in total. The highest BCUT2D eigenvalue weighted by molar-refractivity contribution is 5.98. The number of rotatable bonds is 6. The highest BCUT2D eigenvalue weighted by atomic mass is 16.5. The summed E-state index contributed by atoms with van der Waals surface area (Å²) in [5.74, 6) is 1.25. The lowest BCUT2D eigenvalue weighted by Crippen LogP contribution is -2.41. The molecule has 1 atom stereocenters. The van der Waals surface area contributed by atoms with Crippen molar-refractivity contribution in [2.24, 2.45) is 5.92 Å². The van der Waals surface area contributed by atoms with Crippen LogP contribution in [0.5, 0.6) is 5.75 Å². The van der Waals surface area contributed by atoms with Crippen LogP contribution in [-0.4, -0.2) is 44.6 Å². The predicted molar refractivity (Wildman–Crippen MR) is 92.1 cm³/mol. The summed E-state index contributed by atoms with van der Waals surface area (Å²) in [4.78, 5) is 25.7. The molecule has 2 heterocycles. The Morgan fingerprint density at radius 3 is 3.08 bits per heavy atom. The molecule has 2 amide bonds. The third-order valence-corrected chi connectivity index (χ3v) is 4.64. The van der Waals surface area contributed by atoms with Gasteiger partial charge < -0.3 is 20.3 Å². The summed E-state index contributed by atoms with van der Waals surface area (Å²) in [7, 11) is 0. The van der Waals surface area contributed by atoms with Crippen molar-refractivity contribution >= 4 is 17.5 Å². The minimum atomic E-state index is -0.102. The van der Waals surface area contributed by atoms with Crippen LogP contribution in [0.25, 0.3) is 0 Å². The quantitative estimate of drug-likeness (QED) is 0.824. The van der Waals surface area contributed by atoms with Gasteiger partial charge in [-0.3, -0.25) is 9.59 Å². The van der Waals surface area contributed by atoms with Crippen molar-refractivity contribution in [1.82, 2.24) is 10.6 Å². The number of carbonyl (C=O) groups is 2. The van der Waals surface area contributed by atoms with E-state index in [1.807, 2.05) is 24.3 Å². The van der Waals surface area contributed by atoms with Crippen molar-refractivity contribution < 1.29 is 14.3 Å². The number of nitrogens with one attached hydrogen (secondary N) is 2. The molecule has 2 aliphatic heterocycles. The van der Waals surface area contributed by atoms with Gasteiger partial charge in [0, 0.05) is 19.5 Å². The summed E-state index contributed by atoms with van der Waals surface area (Å²) in [5.41, 5.74) is 0.745. The molecule has 3 rings (SSSR count). The van der Waals surface area contributed by atoms with E-state index in [4.69, 9.17) is 4.74 Å². The number of nitrogens with zero attached hydrogens (tertiary/aromatic N) is 1. The molecule has 0 spiro atoms. The maximum Gasteiger partial charge on any atom is 0.265 e. The van der Waals surface area contributed by atoms with Crippen molar-refractivity contribution in [3.05, 3.63) is 24.3 Å². The lowest BCUT2D eigenvalue weighted by atomic mass is 9.96. The van der Waals surface area contributed by atoms with Gasteiger partial charge in [0.2, 0.25) is 5.91 Å². The second kappa shape index (κ2) is 8.15. The molecule has 1 aromatic rings. The van der Waals surface area contributed by atoms with Crippen LogP contribution >= 0.6 is 0 Å². The molecule has 1 aromatic carbocycles. The second-order valence-corrected chi connectivity index (χ2v) is 6.40. The molecule has 1 fully saturated rings. The molecular weight excluding hydrogens is 306 g/mol.